The Kier molecular flexibility index (Phi) is 15.5. The summed E-state index contributed by atoms with van der Waals surface area (Å²) in [5, 5.41) is 4.80. The molecule has 0 unspecified atom stereocenters. The number of allylic oxidation sites excluding steroid dienone is 1. The molecule has 11 aromatic carbocycles. The Morgan fingerprint density at radius 3 is 1.12 bits per heavy atom. The number of ether oxygens (including phenoxy) is 12. The van der Waals surface area contributed by atoms with Gasteiger partial charge >= 0.3 is 0 Å². The molecule has 13 aromatic rings. The van der Waals surface area contributed by atoms with E-state index in [1.165, 1.54) is 32.3 Å². The maximum atomic E-state index is 15.7. The van der Waals surface area contributed by atoms with Crippen molar-refractivity contribution in [2.75, 3.05) is 56.9 Å². The second-order valence-electron chi connectivity index (χ2n) is 21.1. The Balaban J connectivity index is 0.000000892. The van der Waals surface area contributed by atoms with Crippen LogP contribution in [-0.4, -0.2) is 72.0 Å². The van der Waals surface area contributed by atoms with Crippen molar-refractivity contribution in [3.63, 3.8) is 0 Å². The number of rotatable bonds is 18. The highest BCUT2D eigenvalue weighted by Gasteiger charge is 2.33. The minimum absolute atomic E-state index is 0.226. The number of hydrogen-bond donors (Lipinski definition) is 0. The van der Waals surface area contributed by atoms with Crippen molar-refractivity contribution in [2.45, 2.75) is 27.7 Å². The molecule has 2 heterocycles. The van der Waals surface area contributed by atoms with Gasteiger partial charge in [-0.2, -0.15) is 0 Å². The highest BCUT2D eigenvalue weighted by atomic mass is 16.5. The van der Waals surface area contributed by atoms with Crippen molar-refractivity contribution in [3.8, 4) is 92.0 Å². The summed E-state index contributed by atoms with van der Waals surface area (Å²) in [7, 11) is 12.4. The van der Waals surface area contributed by atoms with E-state index < -0.39 is 0 Å². The molecule has 0 amide bonds. The van der Waals surface area contributed by atoms with E-state index in [1.807, 2.05) is 43.3 Å². The molecule has 0 bridgehead atoms. The Morgan fingerprint density at radius 1 is 0.382 bits per heavy atom. The van der Waals surface area contributed by atoms with Gasteiger partial charge in [0.05, 0.1) is 73.3 Å². The Hall–Kier alpha value is -11.1. The maximum Gasteiger partial charge on any atom is 0.264 e. The third-order valence-corrected chi connectivity index (χ3v) is 16.0. The minimum atomic E-state index is -0.362. The predicted molar refractivity (Wildman–Crippen MR) is 348 cm³/mol. The van der Waals surface area contributed by atoms with Crippen molar-refractivity contribution < 1.29 is 61.6 Å². The van der Waals surface area contributed by atoms with Crippen LogP contribution in [0.25, 0.3) is 76.1 Å². The number of Topliss-reactive ketones (excluding diaryl/α,β-unsaturated/α-hetero) is 1. The van der Waals surface area contributed by atoms with Crippen LogP contribution in [0.15, 0.2) is 157 Å². The molecule has 16 heteroatoms. The van der Waals surface area contributed by atoms with Crippen LogP contribution in [0.5, 0.6) is 92.0 Å². The van der Waals surface area contributed by atoms with E-state index in [4.69, 9.17) is 61.8 Å². The van der Waals surface area contributed by atoms with Gasteiger partial charge in [0.2, 0.25) is 0 Å². The average Bonchev–Trinajstić information content (AvgIpc) is 1.31. The predicted octanol–water partition coefficient (Wildman–Crippen LogP) is 17.3. The third-order valence-electron chi connectivity index (χ3n) is 16.0. The lowest BCUT2D eigenvalue weighted by Gasteiger charge is -2.26. The lowest BCUT2D eigenvalue weighted by atomic mass is 9.82. The van der Waals surface area contributed by atoms with Gasteiger partial charge in [0.1, 0.15) is 51.6 Å². The number of fused-ring (bicyclic) bond motifs is 6. The normalized spacial score (nSPS) is 11.3. The molecule has 0 aliphatic carbocycles. The Bertz CT molecular complexity index is 4880. The zero-order valence-electron chi connectivity index (χ0n) is 51.2. The first-order chi connectivity index (χ1) is 43.1. The third kappa shape index (κ3) is 10.1. The van der Waals surface area contributed by atoms with Crippen LogP contribution in [0.4, 0.5) is 0 Å². The number of ketones is 1. The molecule has 89 heavy (non-hydrogen) atoms. The SMILES string of the molecule is C=C(C)c1cc(Oc2ccc(OC)c(OC)c2)c2c3c(Oc4ccc(OC)c(OC)c4)cc4c5c(cc(Oc6ccc(OC)c(OC)c6)c(c6c(Oc7ccc(OC)c(OC)c7)cc(C(C)=O)c1c62)c35)c(=O)n1c2ccccc2nc41.Cc1ccccc1C. The largest absolute Gasteiger partial charge is 0.493 e. The number of hydrogen-bond acceptors (Lipinski definition) is 15. The fourth-order valence-electron chi connectivity index (χ4n) is 11.7. The Labute approximate surface area is 512 Å². The topological polar surface area (TPSA) is 162 Å². The highest BCUT2D eigenvalue weighted by Crippen LogP contribution is 2.58. The fourth-order valence-corrected chi connectivity index (χ4v) is 11.7. The molecule has 0 fully saturated rings. The zero-order chi connectivity index (χ0) is 62.5. The summed E-state index contributed by atoms with van der Waals surface area (Å²) in [5.74, 6) is 5.72. The molecule has 0 saturated heterocycles. The van der Waals surface area contributed by atoms with E-state index in [-0.39, 0.29) is 28.2 Å². The standard InChI is InChI=1S/C65H52N2O14.C8H10/c1-32(2)38-28-52(78-34-16-20-44(70-4)48(24-34)74-8)58-60-54(80-36-18-22-46(72-6)50(26-36)76-10)30-40-57-41(65(69)67-43-15-13-12-14-42(43)66-64(40)67)31-55(81-37-19-23-47(73-7)51(27-37)77-11)61(63(57)60)59-53(29-39(33(3)68)56(38)62(58)59)79-35-17-21-45(71-5)49(25-35)75-9;1-7-5-3-4-6-8(7)2/h12-31H,1H2,2-11H3;3-6H,1-2H3. The molecular formula is C73H62N2O14. The molecule has 0 atom stereocenters. The lowest BCUT2D eigenvalue weighted by Crippen LogP contribution is -2.14. The summed E-state index contributed by atoms with van der Waals surface area (Å²) in [4.78, 5) is 35.5. The minimum Gasteiger partial charge on any atom is -0.493 e. The number of carbonyl (C=O) groups is 1. The molecule has 0 aliphatic rings. The lowest BCUT2D eigenvalue weighted by molar-refractivity contribution is 0.101. The summed E-state index contributed by atoms with van der Waals surface area (Å²) < 4.78 is 76.2. The first-order valence-corrected chi connectivity index (χ1v) is 28.3. The van der Waals surface area contributed by atoms with Crippen molar-refractivity contribution in [1.82, 2.24) is 9.38 Å². The van der Waals surface area contributed by atoms with E-state index in [2.05, 4.69) is 44.7 Å². The number of nitrogens with zero attached hydrogens (tertiary/aromatic N) is 2. The second-order valence-corrected chi connectivity index (χ2v) is 21.1. The van der Waals surface area contributed by atoms with Gasteiger partial charge in [0.25, 0.3) is 5.56 Å². The van der Waals surface area contributed by atoms with Gasteiger partial charge in [0.15, 0.2) is 51.8 Å². The maximum absolute atomic E-state index is 15.7. The quantitative estimate of drug-likeness (QED) is 0.0453. The average molecular weight is 1190 g/mol. The van der Waals surface area contributed by atoms with E-state index in [9.17, 15) is 4.79 Å². The van der Waals surface area contributed by atoms with Crippen molar-refractivity contribution in [2.24, 2.45) is 0 Å². The summed E-state index contributed by atoms with van der Waals surface area (Å²) in [6.45, 7) is 12.1. The van der Waals surface area contributed by atoms with Crippen LogP contribution in [0.1, 0.15) is 40.9 Å². The fraction of sp³-hybridized carbons (Fsp3) is 0.164. The van der Waals surface area contributed by atoms with Crippen LogP contribution in [-0.2, 0) is 0 Å². The molecule has 2 aromatic heterocycles. The number of aryl methyl sites for hydroxylation is 2. The second kappa shape index (κ2) is 23.6. The van der Waals surface area contributed by atoms with Gasteiger partial charge in [-0.05, 0) is 129 Å². The van der Waals surface area contributed by atoms with Crippen LogP contribution in [0, 0.1) is 13.8 Å². The smallest absolute Gasteiger partial charge is 0.264 e. The summed E-state index contributed by atoms with van der Waals surface area (Å²) in [5.41, 5.74) is 5.46. The van der Waals surface area contributed by atoms with E-state index in [1.54, 1.807) is 132 Å². The summed E-state index contributed by atoms with van der Waals surface area (Å²) >= 11 is 0. The van der Waals surface area contributed by atoms with Crippen LogP contribution in [0.2, 0.25) is 0 Å². The van der Waals surface area contributed by atoms with E-state index in [0.717, 1.165) is 0 Å². The molecule has 0 saturated carbocycles. The number of carbonyl (C=O) groups excluding carboxylic acids is 1. The number of aromatic nitrogens is 2. The first-order valence-electron chi connectivity index (χ1n) is 28.3. The molecule has 448 valence electrons. The van der Waals surface area contributed by atoms with Gasteiger partial charge in [-0.1, -0.05) is 48.6 Å². The van der Waals surface area contributed by atoms with Crippen molar-refractivity contribution >= 4 is 81.9 Å². The van der Waals surface area contributed by atoms with Gasteiger partial charge in [0, 0.05) is 78.3 Å². The van der Waals surface area contributed by atoms with Crippen LogP contribution < -0.4 is 62.4 Å². The molecule has 0 radical (unpaired) electrons. The monoisotopic (exact) mass is 1190 g/mol. The van der Waals surface area contributed by atoms with E-state index in [0.29, 0.717) is 162 Å². The van der Waals surface area contributed by atoms with E-state index >= 15 is 4.79 Å². The van der Waals surface area contributed by atoms with Gasteiger partial charge < -0.3 is 56.8 Å². The van der Waals surface area contributed by atoms with Gasteiger partial charge in [-0.15, -0.1) is 0 Å². The van der Waals surface area contributed by atoms with Crippen molar-refractivity contribution in [1.29, 1.82) is 0 Å². The molecule has 13 rings (SSSR count). The first kappa shape index (κ1) is 58.3. The van der Waals surface area contributed by atoms with Gasteiger partial charge in [-0.3, -0.25) is 14.0 Å². The molecule has 0 N–H and O–H groups in total. The van der Waals surface area contributed by atoms with Crippen molar-refractivity contribution in [3.05, 3.63) is 185 Å². The number of benzene rings is 11. The van der Waals surface area contributed by atoms with Crippen LogP contribution in [0.3, 0.4) is 0 Å². The highest BCUT2D eigenvalue weighted by molar-refractivity contribution is 6.43. The number of imidazole rings is 1. The molecule has 16 nitrogen and oxygen atoms in total. The number of methoxy groups -OCH3 is 8. The number of para-hydroxylation sites is 2. The molecule has 0 spiro atoms. The molecular weight excluding hydrogens is 1130 g/mol. The summed E-state index contributed by atoms with van der Waals surface area (Å²) in [6, 6.07) is 43.9. The van der Waals surface area contributed by atoms with Gasteiger partial charge in [-0.25, -0.2) is 4.98 Å². The zero-order valence-corrected chi connectivity index (χ0v) is 51.2. The molecule has 0 aliphatic heterocycles. The summed E-state index contributed by atoms with van der Waals surface area (Å²) in [6.07, 6.45) is 0. The number of pyridine rings is 1. The van der Waals surface area contributed by atoms with Crippen LogP contribution >= 0.6 is 0 Å². The Morgan fingerprint density at radius 2 is 0.742 bits per heavy atom.